The molecule has 0 fully saturated rings. The van der Waals surface area contributed by atoms with Crippen LogP contribution in [-0.2, 0) is 5.41 Å². The predicted molar refractivity (Wildman–Crippen MR) is 93.6 cm³/mol. The Balaban J connectivity index is 1.97. The van der Waals surface area contributed by atoms with Gasteiger partial charge in [-0.1, -0.05) is 20.8 Å². The van der Waals surface area contributed by atoms with Gasteiger partial charge < -0.3 is 5.32 Å². The molecule has 0 aliphatic carbocycles. The van der Waals surface area contributed by atoms with E-state index in [1.807, 2.05) is 34.0 Å². The predicted octanol–water partition coefficient (Wildman–Crippen LogP) is 5.63. The van der Waals surface area contributed by atoms with Gasteiger partial charge in [0, 0.05) is 24.0 Å². The second kappa shape index (κ2) is 5.26. The van der Waals surface area contributed by atoms with Crippen molar-refractivity contribution in [1.29, 1.82) is 0 Å². The van der Waals surface area contributed by atoms with Crippen molar-refractivity contribution in [3.63, 3.8) is 0 Å². The van der Waals surface area contributed by atoms with E-state index >= 15 is 0 Å². The lowest BCUT2D eigenvalue weighted by molar-refractivity contribution is 0.604. The average Bonchev–Trinajstić information content (AvgIpc) is 3.01. The number of nitrogens with one attached hydrogen (secondary N) is 1. The largest absolute Gasteiger partial charge is 0.308 e. The summed E-state index contributed by atoms with van der Waals surface area (Å²) in [7, 11) is 2.05. The van der Waals surface area contributed by atoms with Crippen LogP contribution in [0.2, 0.25) is 0 Å². The zero-order valence-corrected chi connectivity index (χ0v) is 14.6. The molecule has 3 rings (SSSR count). The summed E-state index contributed by atoms with van der Waals surface area (Å²) in [6.07, 6.45) is 0. The molecule has 0 radical (unpaired) electrons. The van der Waals surface area contributed by atoms with E-state index < -0.39 is 0 Å². The molecule has 0 aliphatic rings. The molecule has 4 heteroatoms. The molecule has 20 heavy (non-hydrogen) atoms. The van der Waals surface area contributed by atoms with Crippen LogP contribution in [0.3, 0.4) is 0 Å². The van der Waals surface area contributed by atoms with Crippen molar-refractivity contribution in [3.8, 4) is 0 Å². The zero-order chi connectivity index (χ0) is 14.3. The van der Waals surface area contributed by atoms with Crippen molar-refractivity contribution in [2.45, 2.75) is 32.2 Å². The highest BCUT2D eigenvalue weighted by Crippen LogP contribution is 2.39. The van der Waals surface area contributed by atoms with Gasteiger partial charge in [-0.3, -0.25) is 0 Å². The second-order valence-corrected chi connectivity index (χ2v) is 9.15. The van der Waals surface area contributed by atoms with Crippen LogP contribution in [0.1, 0.15) is 41.4 Å². The Hall–Kier alpha value is -0.680. The first kappa shape index (κ1) is 14.3. The monoisotopic (exact) mass is 321 g/mol. The Labute approximate surface area is 132 Å². The van der Waals surface area contributed by atoms with Crippen LogP contribution in [0, 0.1) is 0 Å². The number of rotatable bonds is 3. The molecular weight excluding hydrogens is 302 g/mol. The summed E-state index contributed by atoms with van der Waals surface area (Å²) >= 11 is 5.66. The van der Waals surface area contributed by atoms with E-state index in [2.05, 4.69) is 62.8 Å². The Morgan fingerprint density at radius 2 is 1.80 bits per heavy atom. The van der Waals surface area contributed by atoms with Crippen molar-refractivity contribution in [3.05, 3.63) is 44.3 Å². The molecule has 0 saturated carbocycles. The molecule has 0 aliphatic heterocycles. The van der Waals surface area contributed by atoms with Crippen molar-refractivity contribution in [2.75, 3.05) is 7.05 Å². The minimum atomic E-state index is 0.233. The zero-order valence-electron chi connectivity index (χ0n) is 12.2. The van der Waals surface area contributed by atoms with E-state index in [-0.39, 0.29) is 5.41 Å². The molecule has 0 bridgehead atoms. The van der Waals surface area contributed by atoms with Gasteiger partial charge in [0.15, 0.2) is 0 Å². The van der Waals surface area contributed by atoms with Gasteiger partial charge in [0.1, 0.15) is 0 Å². The smallest absolute Gasteiger partial charge is 0.0763 e. The van der Waals surface area contributed by atoms with Crippen LogP contribution >= 0.6 is 34.0 Å². The first-order chi connectivity index (χ1) is 9.49. The fourth-order valence-corrected chi connectivity index (χ4v) is 5.78. The Bertz CT molecular complexity index is 683. The highest BCUT2D eigenvalue weighted by atomic mass is 32.1. The quantitative estimate of drug-likeness (QED) is 0.659. The summed E-state index contributed by atoms with van der Waals surface area (Å²) < 4.78 is 2.80. The fraction of sp³-hybridized carbons (Fsp3) is 0.375. The maximum absolute atomic E-state index is 3.48. The van der Waals surface area contributed by atoms with Gasteiger partial charge in [0.25, 0.3) is 0 Å². The molecule has 1 nitrogen and oxygen atoms in total. The van der Waals surface area contributed by atoms with Crippen LogP contribution < -0.4 is 5.32 Å². The topological polar surface area (TPSA) is 12.0 Å². The van der Waals surface area contributed by atoms with Crippen molar-refractivity contribution in [1.82, 2.24) is 5.32 Å². The van der Waals surface area contributed by atoms with E-state index in [9.17, 15) is 0 Å². The maximum atomic E-state index is 3.48. The van der Waals surface area contributed by atoms with E-state index in [1.165, 1.54) is 24.0 Å². The minimum Gasteiger partial charge on any atom is -0.308 e. The SMILES string of the molecule is CNC(c1ccc(C(C)(C)C)s1)c1cc2sccc2s1. The standard InChI is InChI=1S/C16H19NS3/c1-16(2,3)14-6-5-11(20-14)15(17-4)13-9-12-10(19-13)7-8-18-12/h5-9,15,17H,1-4H3. The highest BCUT2D eigenvalue weighted by Gasteiger charge is 2.21. The van der Waals surface area contributed by atoms with Gasteiger partial charge >= 0.3 is 0 Å². The molecule has 0 spiro atoms. The molecular formula is C16H19NS3. The molecule has 0 saturated heterocycles. The summed E-state index contributed by atoms with van der Waals surface area (Å²) in [5.74, 6) is 0. The molecule has 1 atom stereocenters. The van der Waals surface area contributed by atoms with E-state index in [0.29, 0.717) is 6.04 Å². The van der Waals surface area contributed by atoms with E-state index in [0.717, 1.165) is 0 Å². The number of hydrogen-bond acceptors (Lipinski definition) is 4. The maximum Gasteiger partial charge on any atom is 0.0763 e. The first-order valence-electron chi connectivity index (χ1n) is 6.73. The lowest BCUT2D eigenvalue weighted by Crippen LogP contribution is -2.15. The summed E-state index contributed by atoms with van der Waals surface area (Å²) in [6.45, 7) is 6.83. The lowest BCUT2D eigenvalue weighted by atomic mass is 9.95. The molecule has 1 unspecified atom stereocenters. The normalized spacial score (nSPS) is 14.0. The van der Waals surface area contributed by atoms with Crippen LogP contribution in [0.4, 0.5) is 0 Å². The van der Waals surface area contributed by atoms with E-state index in [4.69, 9.17) is 0 Å². The van der Waals surface area contributed by atoms with Crippen LogP contribution in [0.25, 0.3) is 9.40 Å². The summed E-state index contributed by atoms with van der Waals surface area (Å²) in [4.78, 5) is 4.27. The van der Waals surface area contributed by atoms with E-state index in [1.54, 1.807) is 0 Å². The molecule has 3 aromatic heterocycles. The summed E-state index contributed by atoms with van der Waals surface area (Å²) in [5, 5.41) is 5.64. The van der Waals surface area contributed by atoms with Crippen LogP contribution in [-0.4, -0.2) is 7.05 Å². The Kier molecular flexibility index (Phi) is 3.75. The minimum absolute atomic E-state index is 0.233. The van der Waals surface area contributed by atoms with Gasteiger partial charge in [-0.25, -0.2) is 0 Å². The first-order valence-corrected chi connectivity index (χ1v) is 9.25. The van der Waals surface area contributed by atoms with Crippen molar-refractivity contribution in [2.24, 2.45) is 0 Å². The van der Waals surface area contributed by atoms with Gasteiger partial charge in [0.05, 0.1) is 6.04 Å². The molecule has 3 heterocycles. The summed E-state index contributed by atoms with van der Waals surface area (Å²) in [5.41, 5.74) is 0.233. The van der Waals surface area contributed by atoms with Gasteiger partial charge in [-0.15, -0.1) is 34.0 Å². The molecule has 0 amide bonds. The second-order valence-electron chi connectivity index (χ2n) is 5.97. The molecule has 106 valence electrons. The molecule has 0 aromatic carbocycles. The number of thiophene rings is 3. The molecule has 1 N–H and O–H groups in total. The van der Waals surface area contributed by atoms with Gasteiger partial charge in [-0.05, 0) is 42.1 Å². The van der Waals surface area contributed by atoms with Gasteiger partial charge in [0.2, 0.25) is 0 Å². The number of hydrogen-bond donors (Lipinski definition) is 1. The highest BCUT2D eigenvalue weighted by molar-refractivity contribution is 7.27. The third-order valence-corrected chi connectivity index (χ3v) is 7.12. The Morgan fingerprint density at radius 3 is 2.40 bits per heavy atom. The van der Waals surface area contributed by atoms with Crippen LogP contribution in [0.5, 0.6) is 0 Å². The van der Waals surface area contributed by atoms with Crippen molar-refractivity contribution >= 4 is 43.4 Å². The number of fused-ring (bicyclic) bond motifs is 1. The van der Waals surface area contributed by atoms with Gasteiger partial charge in [-0.2, -0.15) is 0 Å². The Morgan fingerprint density at radius 1 is 1.00 bits per heavy atom. The average molecular weight is 322 g/mol. The molecule has 3 aromatic rings. The van der Waals surface area contributed by atoms with Crippen molar-refractivity contribution < 1.29 is 0 Å². The summed E-state index contributed by atoms with van der Waals surface area (Å²) in [6, 6.07) is 9.43. The fourth-order valence-electron chi connectivity index (χ4n) is 2.26. The van der Waals surface area contributed by atoms with Crippen LogP contribution in [0.15, 0.2) is 29.6 Å². The third kappa shape index (κ3) is 2.58. The third-order valence-electron chi connectivity index (χ3n) is 3.38. The lowest BCUT2D eigenvalue weighted by Gasteiger charge is -2.16.